The Morgan fingerprint density at radius 2 is 1.97 bits per heavy atom. The van der Waals surface area contributed by atoms with Crippen molar-refractivity contribution in [2.24, 2.45) is 0 Å². The number of aryl methyl sites for hydroxylation is 2. The summed E-state index contributed by atoms with van der Waals surface area (Å²) < 4.78 is 22.1. The molecular formula is C26H30N2O5. The van der Waals surface area contributed by atoms with Gasteiger partial charge in [-0.1, -0.05) is 23.4 Å². The Balaban J connectivity index is 1.62. The summed E-state index contributed by atoms with van der Waals surface area (Å²) in [6.45, 7) is 8.53. The summed E-state index contributed by atoms with van der Waals surface area (Å²) >= 11 is 0. The van der Waals surface area contributed by atoms with Gasteiger partial charge in [0.05, 0.1) is 31.0 Å². The number of hydrogen-bond acceptors (Lipinski definition) is 6. The van der Waals surface area contributed by atoms with Crippen LogP contribution in [0.25, 0.3) is 6.08 Å². The lowest BCUT2D eigenvalue weighted by Gasteiger charge is -2.14. The van der Waals surface area contributed by atoms with Crippen LogP contribution in [-0.4, -0.2) is 24.8 Å². The van der Waals surface area contributed by atoms with Gasteiger partial charge < -0.3 is 24.1 Å². The maximum absolute atomic E-state index is 12.4. The number of nitrogens with one attached hydrogen (secondary N) is 1. The van der Waals surface area contributed by atoms with Crippen LogP contribution in [0.3, 0.4) is 0 Å². The van der Waals surface area contributed by atoms with Gasteiger partial charge in [-0.15, -0.1) is 0 Å². The van der Waals surface area contributed by atoms with Crippen molar-refractivity contribution in [1.82, 2.24) is 10.5 Å². The largest absolute Gasteiger partial charge is 0.494 e. The average molecular weight is 451 g/mol. The van der Waals surface area contributed by atoms with Gasteiger partial charge >= 0.3 is 0 Å². The zero-order valence-electron chi connectivity index (χ0n) is 19.7. The standard InChI is InChI=1S/C26H30N2O5/c1-6-31-22-9-7-8-21(15-22)17(2)27-26(29)13-11-20-10-12-24(25(14-20)30-5)32-16-23-18(3)28-33-19(23)4/h7-15,17H,6,16H2,1-5H3,(H,27,29)/b13-11+. The molecule has 0 saturated carbocycles. The fourth-order valence-electron chi connectivity index (χ4n) is 3.32. The molecule has 1 amide bonds. The van der Waals surface area contributed by atoms with Gasteiger partial charge in [0.1, 0.15) is 18.1 Å². The van der Waals surface area contributed by atoms with Crippen LogP contribution in [0.5, 0.6) is 17.2 Å². The maximum Gasteiger partial charge on any atom is 0.244 e. The van der Waals surface area contributed by atoms with E-state index >= 15 is 0 Å². The first-order valence-electron chi connectivity index (χ1n) is 10.8. The van der Waals surface area contributed by atoms with Crippen molar-refractivity contribution >= 4 is 12.0 Å². The Labute approximate surface area is 194 Å². The fourth-order valence-corrected chi connectivity index (χ4v) is 3.32. The molecule has 1 aromatic heterocycles. The first kappa shape index (κ1) is 23.9. The van der Waals surface area contributed by atoms with Gasteiger partial charge in [-0.05, 0) is 69.2 Å². The highest BCUT2D eigenvalue weighted by atomic mass is 16.5. The van der Waals surface area contributed by atoms with E-state index in [9.17, 15) is 4.79 Å². The summed E-state index contributed by atoms with van der Waals surface area (Å²) in [7, 11) is 1.58. The molecule has 0 fully saturated rings. The number of hydrogen-bond donors (Lipinski definition) is 1. The van der Waals surface area contributed by atoms with Gasteiger partial charge in [-0.25, -0.2) is 0 Å². The molecule has 0 radical (unpaired) electrons. The molecule has 174 valence electrons. The molecule has 3 aromatic rings. The first-order chi connectivity index (χ1) is 15.9. The topological polar surface area (TPSA) is 82.8 Å². The Kier molecular flexibility index (Phi) is 8.13. The van der Waals surface area contributed by atoms with E-state index < -0.39 is 0 Å². The minimum Gasteiger partial charge on any atom is -0.494 e. The van der Waals surface area contributed by atoms with Crippen molar-refractivity contribution in [3.05, 3.63) is 76.7 Å². The van der Waals surface area contributed by atoms with E-state index in [1.807, 2.05) is 70.2 Å². The monoisotopic (exact) mass is 450 g/mol. The van der Waals surface area contributed by atoms with Crippen LogP contribution in [0.15, 0.2) is 53.1 Å². The molecule has 0 saturated heterocycles. The molecule has 2 aromatic carbocycles. The lowest BCUT2D eigenvalue weighted by Crippen LogP contribution is -2.24. The Morgan fingerprint density at radius 3 is 2.67 bits per heavy atom. The molecule has 1 heterocycles. The molecule has 0 aliphatic carbocycles. The van der Waals surface area contributed by atoms with Gasteiger partial charge in [0, 0.05) is 6.08 Å². The molecular weight excluding hydrogens is 420 g/mol. The van der Waals surface area contributed by atoms with Gasteiger partial charge in [0.25, 0.3) is 0 Å². The number of ether oxygens (including phenoxy) is 3. The quantitative estimate of drug-likeness (QED) is 0.429. The average Bonchev–Trinajstić information content (AvgIpc) is 3.14. The molecule has 7 nitrogen and oxygen atoms in total. The summed E-state index contributed by atoms with van der Waals surface area (Å²) in [5.41, 5.74) is 3.51. The van der Waals surface area contributed by atoms with Crippen molar-refractivity contribution in [3.8, 4) is 17.2 Å². The van der Waals surface area contributed by atoms with Crippen LogP contribution in [0.4, 0.5) is 0 Å². The van der Waals surface area contributed by atoms with Crippen LogP contribution >= 0.6 is 0 Å². The second-order valence-electron chi connectivity index (χ2n) is 7.57. The van der Waals surface area contributed by atoms with Crippen LogP contribution in [0.1, 0.15) is 48.0 Å². The molecule has 1 atom stereocenters. The number of methoxy groups -OCH3 is 1. The van der Waals surface area contributed by atoms with E-state index in [0.29, 0.717) is 24.7 Å². The van der Waals surface area contributed by atoms with Crippen molar-refractivity contribution in [2.75, 3.05) is 13.7 Å². The van der Waals surface area contributed by atoms with E-state index in [4.69, 9.17) is 18.7 Å². The second kappa shape index (κ2) is 11.2. The Bertz CT molecular complexity index is 1100. The van der Waals surface area contributed by atoms with Gasteiger partial charge in [-0.2, -0.15) is 0 Å². The molecule has 0 aliphatic rings. The van der Waals surface area contributed by atoms with Crippen molar-refractivity contribution in [2.45, 2.75) is 40.3 Å². The summed E-state index contributed by atoms with van der Waals surface area (Å²) in [5, 5.41) is 6.91. The minimum absolute atomic E-state index is 0.155. The molecule has 0 aliphatic heterocycles. The predicted octanol–water partition coefficient (Wildman–Crippen LogP) is 5.17. The van der Waals surface area contributed by atoms with E-state index in [0.717, 1.165) is 33.9 Å². The van der Waals surface area contributed by atoms with Crippen molar-refractivity contribution in [3.63, 3.8) is 0 Å². The molecule has 0 spiro atoms. The number of nitrogens with zero attached hydrogens (tertiary/aromatic N) is 1. The normalized spacial score (nSPS) is 11.9. The smallest absolute Gasteiger partial charge is 0.244 e. The summed E-state index contributed by atoms with van der Waals surface area (Å²) in [5.74, 6) is 2.50. The molecule has 3 rings (SSSR count). The third kappa shape index (κ3) is 6.38. The zero-order chi connectivity index (χ0) is 23.8. The molecule has 1 unspecified atom stereocenters. The molecule has 0 bridgehead atoms. The van der Waals surface area contributed by atoms with Crippen LogP contribution in [0.2, 0.25) is 0 Å². The predicted molar refractivity (Wildman–Crippen MR) is 127 cm³/mol. The summed E-state index contributed by atoms with van der Waals surface area (Å²) in [6, 6.07) is 13.1. The third-order valence-electron chi connectivity index (χ3n) is 5.20. The number of aromatic nitrogens is 1. The van der Waals surface area contributed by atoms with E-state index in [1.165, 1.54) is 6.08 Å². The number of rotatable bonds is 10. The Morgan fingerprint density at radius 1 is 1.15 bits per heavy atom. The van der Waals surface area contributed by atoms with Crippen LogP contribution in [0, 0.1) is 13.8 Å². The van der Waals surface area contributed by atoms with E-state index in [-0.39, 0.29) is 11.9 Å². The van der Waals surface area contributed by atoms with Crippen molar-refractivity contribution in [1.29, 1.82) is 0 Å². The summed E-state index contributed by atoms with van der Waals surface area (Å²) in [4.78, 5) is 12.4. The third-order valence-corrected chi connectivity index (χ3v) is 5.20. The van der Waals surface area contributed by atoms with Gasteiger partial charge in [-0.3, -0.25) is 4.79 Å². The number of carbonyl (C=O) groups excluding carboxylic acids is 1. The molecule has 1 N–H and O–H groups in total. The zero-order valence-corrected chi connectivity index (χ0v) is 19.7. The van der Waals surface area contributed by atoms with Crippen molar-refractivity contribution < 1.29 is 23.5 Å². The SMILES string of the molecule is CCOc1cccc(C(C)NC(=O)/C=C/c2ccc(OCc3c(C)noc3C)c(OC)c2)c1. The lowest BCUT2D eigenvalue weighted by atomic mass is 10.1. The highest BCUT2D eigenvalue weighted by Crippen LogP contribution is 2.30. The Hall–Kier alpha value is -3.74. The maximum atomic E-state index is 12.4. The highest BCUT2D eigenvalue weighted by molar-refractivity contribution is 5.92. The van der Waals surface area contributed by atoms with E-state index in [2.05, 4.69) is 10.5 Å². The summed E-state index contributed by atoms with van der Waals surface area (Å²) in [6.07, 6.45) is 3.24. The fraction of sp³-hybridized carbons (Fsp3) is 0.308. The molecule has 7 heteroatoms. The van der Waals surface area contributed by atoms with Gasteiger partial charge in [0.15, 0.2) is 11.5 Å². The van der Waals surface area contributed by atoms with E-state index in [1.54, 1.807) is 13.2 Å². The van der Waals surface area contributed by atoms with Gasteiger partial charge in [0.2, 0.25) is 5.91 Å². The molecule has 33 heavy (non-hydrogen) atoms. The van der Waals surface area contributed by atoms with Crippen LogP contribution in [-0.2, 0) is 11.4 Å². The second-order valence-corrected chi connectivity index (χ2v) is 7.57. The first-order valence-corrected chi connectivity index (χ1v) is 10.8. The number of amides is 1. The highest BCUT2D eigenvalue weighted by Gasteiger charge is 2.12. The lowest BCUT2D eigenvalue weighted by molar-refractivity contribution is -0.117. The number of carbonyl (C=O) groups is 1. The number of benzene rings is 2. The van der Waals surface area contributed by atoms with Crippen LogP contribution < -0.4 is 19.5 Å². The minimum atomic E-state index is -0.193.